The fourth-order valence-corrected chi connectivity index (χ4v) is 1.78. The number of hydrogen-bond acceptors (Lipinski definition) is 2. The van der Waals surface area contributed by atoms with Gasteiger partial charge in [-0.25, -0.2) is 9.67 Å². The topological polar surface area (TPSA) is 30.7 Å². The van der Waals surface area contributed by atoms with Gasteiger partial charge in [0.25, 0.3) is 0 Å². The molecule has 0 aliphatic carbocycles. The summed E-state index contributed by atoms with van der Waals surface area (Å²) in [4.78, 5) is 4.40. The van der Waals surface area contributed by atoms with E-state index >= 15 is 0 Å². The van der Waals surface area contributed by atoms with Gasteiger partial charge in [0.15, 0.2) is 5.82 Å². The maximum atomic E-state index is 4.40. The third-order valence-corrected chi connectivity index (χ3v) is 2.85. The van der Waals surface area contributed by atoms with E-state index in [1.165, 1.54) is 5.56 Å². The Morgan fingerprint density at radius 1 is 1.40 bits per heavy atom. The second-order valence-corrected chi connectivity index (χ2v) is 4.08. The fourth-order valence-electron chi connectivity index (χ4n) is 1.47. The van der Waals surface area contributed by atoms with Crippen molar-refractivity contribution in [2.45, 2.75) is 19.2 Å². The van der Waals surface area contributed by atoms with Crippen LogP contribution in [-0.2, 0) is 5.33 Å². The van der Waals surface area contributed by atoms with Crippen molar-refractivity contribution in [1.29, 1.82) is 0 Å². The number of alkyl halides is 1. The van der Waals surface area contributed by atoms with Crippen molar-refractivity contribution in [1.82, 2.24) is 14.8 Å². The van der Waals surface area contributed by atoms with Gasteiger partial charge in [0.2, 0.25) is 0 Å². The number of hydrogen-bond donors (Lipinski definition) is 0. The van der Waals surface area contributed by atoms with Gasteiger partial charge in [-0.3, -0.25) is 0 Å². The van der Waals surface area contributed by atoms with Gasteiger partial charge < -0.3 is 0 Å². The van der Waals surface area contributed by atoms with Crippen LogP contribution >= 0.6 is 15.9 Å². The summed E-state index contributed by atoms with van der Waals surface area (Å²) in [7, 11) is 0. The Kier molecular flexibility index (Phi) is 2.86. The number of pyridine rings is 1. The van der Waals surface area contributed by atoms with Crippen LogP contribution in [0.5, 0.6) is 0 Å². The second-order valence-electron chi connectivity index (χ2n) is 3.52. The maximum Gasteiger partial charge on any atom is 0.156 e. The molecule has 0 saturated heterocycles. The number of rotatable bonds is 2. The monoisotopic (exact) mass is 265 g/mol. The maximum absolute atomic E-state index is 4.40. The average molecular weight is 266 g/mol. The molecule has 2 aromatic heterocycles. The van der Waals surface area contributed by atoms with E-state index in [9.17, 15) is 0 Å². The molecule has 0 aliphatic heterocycles. The highest BCUT2D eigenvalue weighted by Crippen LogP contribution is 2.13. The van der Waals surface area contributed by atoms with Gasteiger partial charge >= 0.3 is 0 Å². The summed E-state index contributed by atoms with van der Waals surface area (Å²) in [5.41, 5.74) is 3.32. The lowest BCUT2D eigenvalue weighted by Gasteiger charge is -2.05. The lowest BCUT2D eigenvalue weighted by molar-refractivity contribution is 0.822. The zero-order chi connectivity index (χ0) is 10.8. The summed E-state index contributed by atoms with van der Waals surface area (Å²) in [5, 5.41) is 5.17. The highest BCUT2D eigenvalue weighted by Gasteiger charge is 2.04. The minimum atomic E-state index is 0.833. The molecule has 0 amide bonds. The smallest absolute Gasteiger partial charge is 0.156 e. The molecule has 2 heterocycles. The molecule has 0 atom stereocenters. The molecule has 0 N–H and O–H groups in total. The number of aryl methyl sites for hydroxylation is 2. The molecule has 0 radical (unpaired) electrons. The molecular formula is C11H12BrN3. The average Bonchev–Trinajstić information content (AvgIpc) is 2.64. The van der Waals surface area contributed by atoms with E-state index in [2.05, 4.69) is 32.1 Å². The summed E-state index contributed by atoms with van der Waals surface area (Å²) < 4.78 is 1.81. The highest BCUT2D eigenvalue weighted by atomic mass is 79.9. The van der Waals surface area contributed by atoms with Crippen molar-refractivity contribution in [2.75, 3.05) is 0 Å². The predicted molar refractivity (Wildman–Crippen MR) is 63.5 cm³/mol. The second kappa shape index (κ2) is 4.14. The summed E-state index contributed by atoms with van der Waals surface area (Å²) in [5.74, 6) is 0.896. The largest absolute Gasteiger partial charge is 0.237 e. The van der Waals surface area contributed by atoms with Crippen LogP contribution in [0.2, 0.25) is 0 Å². The molecule has 0 aliphatic rings. The van der Waals surface area contributed by atoms with Gasteiger partial charge in [-0.1, -0.05) is 15.9 Å². The number of aromatic nitrogens is 3. The molecule has 3 nitrogen and oxygen atoms in total. The lowest BCUT2D eigenvalue weighted by Crippen LogP contribution is -2.02. The molecule has 15 heavy (non-hydrogen) atoms. The molecule has 0 bridgehead atoms. The van der Waals surface area contributed by atoms with Gasteiger partial charge in [0, 0.05) is 17.7 Å². The number of halogens is 1. The van der Waals surface area contributed by atoms with Crippen LogP contribution in [0.3, 0.4) is 0 Å². The van der Waals surface area contributed by atoms with Gasteiger partial charge in [-0.05, 0) is 37.1 Å². The Bertz CT molecular complexity index is 476. The molecule has 2 aromatic rings. The van der Waals surface area contributed by atoms with Crippen LogP contribution in [0.4, 0.5) is 0 Å². The van der Waals surface area contributed by atoms with E-state index in [4.69, 9.17) is 0 Å². The van der Waals surface area contributed by atoms with Crippen LogP contribution in [0.25, 0.3) is 5.82 Å². The van der Waals surface area contributed by atoms with Crippen LogP contribution in [0.1, 0.15) is 16.8 Å². The molecule has 78 valence electrons. The van der Waals surface area contributed by atoms with E-state index < -0.39 is 0 Å². The van der Waals surface area contributed by atoms with Gasteiger partial charge in [-0.2, -0.15) is 5.10 Å². The summed E-state index contributed by atoms with van der Waals surface area (Å²) >= 11 is 3.41. The normalized spacial score (nSPS) is 10.6. The summed E-state index contributed by atoms with van der Waals surface area (Å²) in [6, 6.07) is 4.09. The van der Waals surface area contributed by atoms with E-state index in [1.54, 1.807) is 0 Å². The molecule has 0 unspecified atom stereocenters. The summed E-state index contributed by atoms with van der Waals surface area (Å²) in [6.07, 6.45) is 3.80. The minimum absolute atomic E-state index is 0.833. The molecule has 2 rings (SSSR count). The van der Waals surface area contributed by atoms with Crippen molar-refractivity contribution in [3.05, 3.63) is 41.3 Å². The van der Waals surface area contributed by atoms with E-state index in [-0.39, 0.29) is 0 Å². The minimum Gasteiger partial charge on any atom is -0.237 e. The molecule has 0 aromatic carbocycles. The first-order chi connectivity index (χ1) is 7.20. The first-order valence-electron chi connectivity index (χ1n) is 4.75. The zero-order valence-corrected chi connectivity index (χ0v) is 10.3. The molecule has 0 saturated carbocycles. The third kappa shape index (κ3) is 2.09. The van der Waals surface area contributed by atoms with E-state index in [1.807, 2.05) is 37.0 Å². The van der Waals surface area contributed by atoms with Gasteiger partial charge in [0.1, 0.15) is 0 Å². The molecule has 0 spiro atoms. The first kappa shape index (κ1) is 10.4. The Hall–Kier alpha value is -1.16. The Morgan fingerprint density at radius 2 is 2.20 bits per heavy atom. The van der Waals surface area contributed by atoms with Crippen molar-refractivity contribution in [3.63, 3.8) is 0 Å². The standard InChI is InChI=1S/C11H12BrN3/c1-8-5-10(6-12)7-13-11(8)15-4-3-9(2)14-15/h3-5,7H,6H2,1-2H3. The Labute approximate surface area is 97.3 Å². The summed E-state index contributed by atoms with van der Waals surface area (Å²) in [6.45, 7) is 4.02. The van der Waals surface area contributed by atoms with Crippen LogP contribution in [0.15, 0.2) is 24.5 Å². The highest BCUT2D eigenvalue weighted by molar-refractivity contribution is 9.08. The Morgan fingerprint density at radius 3 is 2.73 bits per heavy atom. The van der Waals surface area contributed by atoms with Gasteiger partial charge in [0.05, 0.1) is 5.69 Å². The van der Waals surface area contributed by atoms with Crippen molar-refractivity contribution < 1.29 is 0 Å². The number of nitrogens with zero attached hydrogens (tertiary/aromatic N) is 3. The predicted octanol–water partition coefficient (Wildman–Crippen LogP) is 2.78. The third-order valence-electron chi connectivity index (χ3n) is 2.20. The molecule has 4 heteroatoms. The SMILES string of the molecule is Cc1ccn(-c2ncc(CBr)cc2C)n1. The van der Waals surface area contributed by atoms with Crippen LogP contribution in [0, 0.1) is 13.8 Å². The Balaban J connectivity index is 2.45. The van der Waals surface area contributed by atoms with Crippen LogP contribution in [-0.4, -0.2) is 14.8 Å². The molecule has 0 fully saturated rings. The quantitative estimate of drug-likeness (QED) is 0.782. The van der Waals surface area contributed by atoms with Crippen LogP contribution < -0.4 is 0 Å². The van der Waals surface area contributed by atoms with Gasteiger partial charge in [-0.15, -0.1) is 0 Å². The van der Waals surface area contributed by atoms with E-state index in [0.717, 1.165) is 22.4 Å². The fraction of sp³-hybridized carbons (Fsp3) is 0.273. The zero-order valence-electron chi connectivity index (χ0n) is 8.74. The molecular weight excluding hydrogens is 254 g/mol. The van der Waals surface area contributed by atoms with Crippen molar-refractivity contribution in [2.24, 2.45) is 0 Å². The van der Waals surface area contributed by atoms with Crippen molar-refractivity contribution in [3.8, 4) is 5.82 Å². The first-order valence-corrected chi connectivity index (χ1v) is 5.87. The lowest BCUT2D eigenvalue weighted by atomic mass is 10.2. The van der Waals surface area contributed by atoms with E-state index in [0.29, 0.717) is 0 Å². The van der Waals surface area contributed by atoms with Crippen molar-refractivity contribution >= 4 is 15.9 Å².